The fourth-order valence-corrected chi connectivity index (χ4v) is 2.19. The third kappa shape index (κ3) is 3.65. The first kappa shape index (κ1) is 12.9. The van der Waals surface area contributed by atoms with Crippen LogP contribution >= 0.6 is 0 Å². The summed E-state index contributed by atoms with van der Waals surface area (Å²) in [4.78, 5) is 0. The van der Waals surface area contributed by atoms with Gasteiger partial charge in [-0.3, -0.25) is 0 Å². The second-order valence-electron chi connectivity index (χ2n) is 3.77. The van der Waals surface area contributed by atoms with E-state index in [9.17, 15) is 10.2 Å². The second-order valence-corrected chi connectivity index (χ2v) is 3.77. The Hall–Kier alpha value is -0.0800. The molecule has 0 heterocycles. The summed E-state index contributed by atoms with van der Waals surface area (Å²) in [6.07, 6.45) is 3.06. The van der Waals surface area contributed by atoms with Crippen molar-refractivity contribution in [1.29, 1.82) is 0 Å². The molecule has 2 unspecified atom stereocenters. The summed E-state index contributed by atoms with van der Waals surface area (Å²) >= 11 is 0. The van der Waals surface area contributed by atoms with E-state index in [-0.39, 0.29) is 13.2 Å². The molecule has 0 aliphatic heterocycles. The highest BCUT2D eigenvalue weighted by Crippen LogP contribution is 2.28. The maximum absolute atomic E-state index is 9.19. The minimum Gasteiger partial charge on any atom is -0.396 e. The molecule has 0 bridgehead atoms. The summed E-state index contributed by atoms with van der Waals surface area (Å²) < 4.78 is 0. The molecule has 0 spiro atoms. The number of hydrogen-bond acceptors (Lipinski definition) is 2. The summed E-state index contributed by atoms with van der Waals surface area (Å²) in [7, 11) is 0. The van der Waals surface area contributed by atoms with Gasteiger partial charge >= 0.3 is 0 Å². The maximum atomic E-state index is 9.19. The Labute approximate surface area is 82.0 Å². The van der Waals surface area contributed by atoms with E-state index in [0.717, 1.165) is 19.3 Å². The molecule has 2 N–H and O–H groups in total. The number of aliphatic hydroxyl groups excluding tert-OH is 2. The van der Waals surface area contributed by atoms with Crippen molar-refractivity contribution < 1.29 is 10.2 Å². The molecular weight excluding hydrogens is 164 g/mol. The van der Waals surface area contributed by atoms with Crippen LogP contribution in [0.4, 0.5) is 0 Å². The van der Waals surface area contributed by atoms with E-state index >= 15 is 0 Å². The molecular formula is C11H24O2. The lowest BCUT2D eigenvalue weighted by Crippen LogP contribution is -2.27. The summed E-state index contributed by atoms with van der Waals surface area (Å²) in [5.41, 5.74) is 0. The van der Waals surface area contributed by atoms with Gasteiger partial charge in [0, 0.05) is 13.2 Å². The van der Waals surface area contributed by atoms with Crippen LogP contribution in [-0.4, -0.2) is 23.4 Å². The first-order valence-corrected chi connectivity index (χ1v) is 5.46. The molecule has 0 saturated carbocycles. The van der Waals surface area contributed by atoms with Gasteiger partial charge in [0.25, 0.3) is 0 Å². The van der Waals surface area contributed by atoms with E-state index in [4.69, 9.17) is 0 Å². The van der Waals surface area contributed by atoms with Gasteiger partial charge in [-0.05, 0) is 17.8 Å². The lowest BCUT2D eigenvalue weighted by atomic mass is 9.78. The zero-order valence-corrected chi connectivity index (χ0v) is 9.16. The van der Waals surface area contributed by atoms with Crippen molar-refractivity contribution in [3.05, 3.63) is 0 Å². The topological polar surface area (TPSA) is 40.5 Å². The van der Waals surface area contributed by atoms with Crippen LogP contribution in [-0.2, 0) is 0 Å². The molecule has 0 amide bonds. The molecule has 0 aromatic heterocycles. The molecule has 0 radical (unpaired) electrons. The largest absolute Gasteiger partial charge is 0.396 e. The van der Waals surface area contributed by atoms with E-state index in [1.165, 1.54) is 0 Å². The fourth-order valence-electron chi connectivity index (χ4n) is 2.19. The fraction of sp³-hybridized carbons (Fsp3) is 1.00. The molecule has 0 aromatic rings. The predicted octanol–water partition coefficient (Wildman–Crippen LogP) is 2.05. The van der Waals surface area contributed by atoms with E-state index in [1.807, 2.05) is 0 Å². The second kappa shape index (κ2) is 7.34. The van der Waals surface area contributed by atoms with Gasteiger partial charge in [0.2, 0.25) is 0 Å². The summed E-state index contributed by atoms with van der Waals surface area (Å²) in [6, 6.07) is 0. The van der Waals surface area contributed by atoms with Crippen molar-refractivity contribution in [1.82, 2.24) is 0 Å². The average molecular weight is 188 g/mol. The SMILES string of the molecule is CCC(CO)C(CC)C(CC)CO. The van der Waals surface area contributed by atoms with Crippen LogP contribution in [0.2, 0.25) is 0 Å². The van der Waals surface area contributed by atoms with E-state index in [1.54, 1.807) is 0 Å². The minimum atomic E-state index is 0.255. The van der Waals surface area contributed by atoms with Gasteiger partial charge in [-0.25, -0.2) is 0 Å². The first-order valence-electron chi connectivity index (χ1n) is 5.46. The Bertz CT molecular complexity index is 94.7. The molecule has 0 rings (SSSR count). The van der Waals surface area contributed by atoms with Gasteiger partial charge in [-0.15, -0.1) is 0 Å². The van der Waals surface area contributed by atoms with Gasteiger partial charge in [-0.1, -0.05) is 40.0 Å². The quantitative estimate of drug-likeness (QED) is 0.642. The van der Waals surface area contributed by atoms with Crippen molar-refractivity contribution in [2.45, 2.75) is 40.0 Å². The Morgan fingerprint density at radius 3 is 1.31 bits per heavy atom. The highest BCUT2D eigenvalue weighted by Gasteiger charge is 2.24. The highest BCUT2D eigenvalue weighted by molar-refractivity contribution is 4.74. The molecule has 80 valence electrons. The molecule has 0 aliphatic carbocycles. The zero-order valence-electron chi connectivity index (χ0n) is 9.16. The Kier molecular flexibility index (Phi) is 7.29. The van der Waals surface area contributed by atoms with E-state index in [2.05, 4.69) is 20.8 Å². The standard InChI is InChI=1S/C11H24O2/c1-4-9(7-12)11(6-3)10(5-2)8-13/h9-13H,4-8H2,1-3H3. The number of hydrogen-bond donors (Lipinski definition) is 2. The van der Waals surface area contributed by atoms with E-state index < -0.39 is 0 Å². The van der Waals surface area contributed by atoms with Crippen LogP contribution in [0.5, 0.6) is 0 Å². The van der Waals surface area contributed by atoms with Crippen molar-refractivity contribution in [2.75, 3.05) is 13.2 Å². The van der Waals surface area contributed by atoms with Crippen LogP contribution in [0.3, 0.4) is 0 Å². The molecule has 2 atom stereocenters. The summed E-state index contributed by atoms with van der Waals surface area (Å²) in [6.45, 7) is 6.86. The van der Waals surface area contributed by atoms with Crippen LogP contribution in [0.1, 0.15) is 40.0 Å². The van der Waals surface area contributed by atoms with Crippen LogP contribution in [0.25, 0.3) is 0 Å². The summed E-state index contributed by atoms with van der Waals surface area (Å²) in [5.74, 6) is 1.20. The Morgan fingerprint density at radius 1 is 0.769 bits per heavy atom. The zero-order chi connectivity index (χ0) is 10.3. The molecule has 0 aromatic carbocycles. The molecule has 0 fully saturated rings. The van der Waals surface area contributed by atoms with Crippen LogP contribution < -0.4 is 0 Å². The average Bonchev–Trinajstić information content (AvgIpc) is 2.18. The molecule has 2 nitrogen and oxygen atoms in total. The third-order valence-corrected chi connectivity index (χ3v) is 3.20. The monoisotopic (exact) mass is 188 g/mol. The maximum Gasteiger partial charge on any atom is 0.0461 e. The lowest BCUT2D eigenvalue weighted by Gasteiger charge is -2.29. The van der Waals surface area contributed by atoms with Gasteiger partial charge < -0.3 is 10.2 Å². The van der Waals surface area contributed by atoms with Crippen molar-refractivity contribution in [2.24, 2.45) is 17.8 Å². The van der Waals surface area contributed by atoms with Gasteiger partial charge in [0.1, 0.15) is 0 Å². The first-order chi connectivity index (χ1) is 6.24. The van der Waals surface area contributed by atoms with Crippen molar-refractivity contribution in [3.63, 3.8) is 0 Å². The van der Waals surface area contributed by atoms with Gasteiger partial charge in [0.15, 0.2) is 0 Å². The molecule has 0 aliphatic rings. The smallest absolute Gasteiger partial charge is 0.0461 e. The Balaban J connectivity index is 4.26. The van der Waals surface area contributed by atoms with Crippen LogP contribution in [0, 0.1) is 17.8 Å². The lowest BCUT2D eigenvalue weighted by molar-refractivity contribution is 0.0880. The molecule has 13 heavy (non-hydrogen) atoms. The predicted molar refractivity (Wildman–Crippen MR) is 55.5 cm³/mol. The third-order valence-electron chi connectivity index (χ3n) is 3.20. The number of rotatable bonds is 7. The normalized spacial score (nSPS) is 18.2. The highest BCUT2D eigenvalue weighted by atomic mass is 16.3. The van der Waals surface area contributed by atoms with Crippen molar-refractivity contribution in [3.8, 4) is 0 Å². The van der Waals surface area contributed by atoms with Gasteiger partial charge in [0.05, 0.1) is 0 Å². The Morgan fingerprint density at radius 2 is 1.15 bits per heavy atom. The van der Waals surface area contributed by atoms with Gasteiger partial charge in [-0.2, -0.15) is 0 Å². The molecule has 0 saturated heterocycles. The van der Waals surface area contributed by atoms with E-state index in [0.29, 0.717) is 17.8 Å². The molecule has 2 heteroatoms. The summed E-state index contributed by atoms with van der Waals surface area (Å²) in [5, 5.41) is 18.4. The number of aliphatic hydroxyl groups is 2. The van der Waals surface area contributed by atoms with Crippen LogP contribution in [0.15, 0.2) is 0 Å². The van der Waals surface area contributed by atoms with Crippen molar-refractivity contribution >= 4 is 0 Å². The minimum absolute atomic E-state index is 0.255.